The molecule has 2 heteroatoms. The number of hydrogen-bond acceptors (Lipinski definition) is 2. The van der Waals surface area contributed by atoms with Crippen molar-refractivity contribution in [3.8, 4) is 0 Å². The molecular weight excluding hydrogens is 270 g/mol. The van der Waals surface area contributed by atoms with Crippen LogP contribution in [0.1, 0.15) is 71.9 Å². The maximum Gasteiger partial charge on any atom is 0.0724 e. The molecule has 0 unspecified atom stereocenters. The molecule has 0 bridgehead atoms. The largest absolute Gasteiger partial charge is 0.371 e. The first-order valence-corrected chi connectivity index (χ1v) is 8.58. The van der Waals surface area contributed by atoms with Crippen molar-refractivity contribution in [3.63, 3.8) is 0 Å². The molecule has 0 radical (unpaired) electrons. The number of hydrogen-bond donors (Lipinski definition) is 1. The monoisotopic (exact) mass is 305 g/mol. The Labute approximate surface area is 137 Å². The van der Waals surface area contributed by atoms with Gasteiger partial charge in [-0.2, -0.15) is 0 Å². The van der Waals surface area contributed by atoms with Gasteiger partial charge in [0, 0.05) is 6.54 Å². The van der Waals surface area contributed by atoms with Crippen LogP contribution in [0.2, 0.25) is 0 Å². The third-order valence-corrected chi connectivity index (χ3v) is 3.55. The van der Waals surface area contributed by atoms with Gasteiger partial charge in [-0.25, -0.2) is 0 Å². The molecule has 1 aromatic carbocycles. The molecule has 1 aromatic rings. The SMILES string of the molecule is CC(C)(C)CCCCNCc1ccc(COC(C)(C)C)cc1. The van der Waals surface area contributed by atoms with Gasteiger partial charge in [0.15, 0.2) is 0 Å². The van der Waals surface area contributed by atoms with E-state index in [1.54, 1.807) is 0 Å². The minimum atomic E-state index is -0.0761. The summed E-state index contributed by atoms with van der Waals surface area (Å²) < 4.78 is 5.79. The average molecular weight is 306 g/mol. The Hall–Kier alpha value is -0.860. The van der Waals surface area contributed by atoms with Crippen LogP contribution in [0.25, 0.3) is 0 Å². The van der Waals surface area contributed by atoms with Crippen LogP contribution in [0, 0.1) is 5.41 Å². The molecule has 0 heterocycles. The van der Waals surface area contributed by atoms with Crippen LogP contribution in [0.4, 0.5) is 0 Å². The number of rotatable bonds is 8. The smallest absolute Gasteiger partial charge is 0.0724 e. The molecule has 22 heavy (non-hydrogen) atoms. The van der Waals surface area contributed by atoms with E-state index < -0.39 is 0 Å². The molecule has 0 aliphatic rings. The standard InChI is InChI=1S/C20H35NO/c1-19(2,3)13-7-8-14-21-15-17-9-11-18(12-10-17)16-22-20(4,5)6/h9-12,21H,7-8,13-16H2,1-6H3. The predicted molar refractivity (Wildman–Crippen MR) is 96.0 cm³/mol. The fourth-order valence-electron chi connectivity index (χ4n) is 2.19. The van der Waals surface area contributed by atoms with Gasteiger partial charge in [0.25, 0.3) is 0 Å². The van der Waals surface area contributed by atoms with Crippen LogP contribution in [0.15, 0.2) is 24.3 Å². The number of benzene rings is 1. The van der Waals surface area contributed by atoms with Gasteiger partial charge in [-0.1, -0.05) is 51.5 Å². The summed E-state index contributed by atoms with van der Waals surface area (Å²) in [4.78, 5) is 0. The van der Waals surface area contributed by atoms with Crippen LogP contribution in [-0.4, -0.2) is 12.1 Å². The molecule has 0 atom stereocenters. The topological polar surface area (TPSA) is 21.3 Å². The highest BCUT2D eigenvalue weighted by Gasteiger charge is 2.10. The Morgan fingerprint density at radius 3 is 2.00 bits per heavy atom. The summed E-state index contributed by atoms with van der Waals surface area (Å²) in [5, 5.41) is 3.53. The van der Waals surface area contributed by atoms with Crippen LogP contribution in [0.5, 0.6) is 0 Å². The van der Waals surface area contributed by atoms with Crippen molar-refractivity contribution >= 4 is 0 Å². The van der Waals surface area contributed by atoms with Gasteiger partial charge in [-0.05, 0) is 56.7 Å². The molecule has 1 N–H and O–H groups in total. The molecule has 0 saturated carbocycles. The molecule has 0 aromatic heterocycles. The van der Waals surface area contributed by atoms with E-state index >= 15 is 0 Å². The molecule has 0 amide bonds. The van der Waals surface area contributed by atoms with Crippen molar-refractivity contribution in [1.82, 2.24) is 5.32 Å². The van der Waals surface area contributed by atoms with E-state index in [0.717, 1.165) is 13.1 Å². The molecule has 0 fully saturated rings. The second-order valence-electron chi connectivity index (χ2n) is 8.41. The van der Waals surface area contributed by atoms with Crippen molar-refractivity contribution in [2.24, 2.45) is 5.41 Å². The Bertz CT molecular complexity index is 409. The van der Waals surface area contributed by atoms with E-state index in [2.05, 4.69) is 71.1 Å². The van der Waals surface area contributed by atoms with Gasteiger partial charge < -0.3 is 10.1 Å². The first-order valence-electron chi connectivity index (χ1n) is 8.58. The number of ether oxygens (including phenoxy) is 1. The lowest BCUT2D eigenvalue weighted by Crippen LogP contribution is -2.18. The lowest BCUT2D eigenvalue weighted by atomic mass is 9.90. The van der Waals surface area contributed by atoms with Crippen LogP contribution in [-0.2, 0) is 17.9 Å². The van der Waals surface area contributed by atoms with Gasteiger partial charge in [0.05, 0.1) is 12.2 Å². The summed E-state index contributed by atoms with van der Waals surface area (Å²) in [5.74, 6) is 0. The van der Waals surface area contributed by atoms with Crippen molar-refractivity contribution in [1.29, 1.82) is 0 Å². The molecule has 0 saturated heterocycles. The minimum Gasteiger partial charge on any atom is -0.371 e. The maximum absolute atomic E-state index is 5.79. The number of nitrogens with one attached hydrogen (secondary N) is 1. The Morgan fingerprint density at radius 1 is 0.864 bits per heavy atom. The first kappa shape index (κ1) is 19.2. The van der Waals surface area contributed by atoms with E-state index in [9.17, 15) is 0 Å². The second-order valence-corrected chi connectivity index (χ2v) is 8.41. The quantitative estimate of drug-likeness (QED) is 0.657. The molecule has 0 spiro atoms. The lowest BCUT2D eigenvalue weighted by Gasteiger charge is -2.19. The molecule has 1 rings (SSSR count). The van der Waals surface area contributed by atoms with Gasteiger partial charge in [-0.15, -0.1) is 0 Å². The predicted octanol–water partition coefficient (Wildman–Crippen LogP) is 5.31. The lowest BCUT2D eigenvalue weighted by molar-refractivity contribution is -0.0149. The van der Waals surface area contributed by atoms with Crippen LogP contribution in [0.3, 0.4) is 0 Å². The molecular formula is C20H35NO. The molecule has 0 aliphatic carbocycles. The van der Waals surface area contributed by atoms with E-state index in [4.69, 9.17) is 4.74 Å². The average Bonchev–Trinajstić information content (AvgIpc) is 2.39. The van der Waals surface area contributed by atoms with Gasteiger partial charge in [0.2, 0.25) is 0 Å². The van der Waals surface area contributed by atoms with Crippen LogP contribution >= 0.6 is 0 Å². The highest BCUT2D eigenvalue weighted by atomic mass is 16.5. The third kappa shape index (κ3) is 9.97. The molecule has 2 nitrogen and oxygen atoms in total. The zero-order chi connectivity index (χ0) is 16.6. The van der Waals surface area contributed by atoms with Crippen molar-refractivity contribution < 1.29 is 4.74 Å². The highest BCUT2D eigenvalue weighted by molar-refractivity contribution is 5.21. The fourth-order valence-corrected chi connectivity index (χ4v) is 2.19. The zero-order valence-corrected chi connectivity index (χ0v) is 15.5. The third-order valence-electron chi connectivity index (χ3n) is 3.55. The Balaban J connectivity index is 2.19. The van der Waals surface area contributed by atoms with Gasteiger partial charge in [0.1, 0.15) is 0 Å². The Kier molecular flexibility index (Phi) is 7.58. The molecule has 0 aliphatic heterocycles. The van der Waals surface area contributed by atoms with Gasteiger partial charge >= 0.3 is 0 Å². The summed E-state index contributed by atoms with van der Waals surface area (Å²) in [6, 6.07) is 8.73. The normalized spacial score (nSPS) is 12.6. The minimum absolute atomic E-state index is 0.0761. The molecule has 126 valence electrons. The highest BCUT2D eigenvalue weighted by Crippen LogP contribution is 2.21. The summed E-state index contributed by atoms with van der Waals surface area (Å²) in [6.45, 7) is 15.9. The fraction of sp³-hybridized carbons (Fsp3) is 0.700. The summed E-state index contributed by atoms with van der Waals surface area (Å²) in [5.41, 5.74) is 2.97. The summed E-state index contributed by atoms with van der Waals surface area (Å²) >= 11 is 0. The number of unbranched alkanes of at least 4 members (excludes halogenated alkanes) is 1. The Morgan fingerprint density at radius 2 is 1.45 bits per heavy atom. The van der Waals surface area contributed by atoms with Gasteiger partial charge in [-0.3, -0.25) is 0 Å². The second kappa shape index (κ2) is 8.69. The maximum atomic E-state index is 5.79. The van der Waals surface area contributed by atoms with Crippen molar-refractivity contribution in [2.45, 2.75) is 79.6 Å². The van der Waals surface area contributed by atoms with E-state index in [1.807, 2.05) is 0 Å². The zero-order valence-electron chi connectivity index (χ0n) is 15.5. The van der Waals surface area contributed by atoms with Crippen molar-refractivity contribution in [3.05, 3.63) is 35.4 Å². The summed E-state index contributed by atoms with van der Waals surface area (Å²) in [7, 11) is 0. The first-order chi connectivity index (χ1) is 10.2. The van der Waals surface area contributed by atoms with E-state index in [1.165, 1.54) is 30.4 Å². The van der Waals surface area contributed by atoms with Crippen molar-refractivity contribution in [2.75, 3.05) is 6.54 Å². The summed E-state index contributed by atoms with van der Waals surface area (Å²) in [6.07, 6.45) is 3.87. The van der Waals surface area contributed by atoms with E-state index in [-0.39, 0.29) is 5.60 Å². The van der Waals surface area contributed by atoms with Crippen LogP contribution < -0.4 is 5.32 Å². The van der Waals surface area contributed by atoms with E-state index in [0.29, 0.717) is 12.0 Å².